The molecule has 0 aliphatic heterocycles. The lowest BCUT2D eigenvalue weighted by Gasteiger charge is -2.21. The second kappa shape index (κ2) is 8.07. The molecule has 0 aliphatic carbocycles. The van der Waals surface area contributed by atoms with Crippen molar-refractivity contribution >= 4 is 27.5 Å². The van der Waals surface area contributed by atoms with Crippen LogP contribution < -0.4 is 5.56 Å². The van der Waals surface area contributed by atoms with Crippen molar-refractivity contribution in [2.45, 2.75) is 26.3 Å². The Labute approximate surface area is 150 Å². The summed E-state index contributed by atoms with van der Waals surface area (Å²) in [5, 5.41) is 2.48. The van der Waals surface area contributed by atoms with Gasteiger partial charge in [0.05, 0.1) is 11.7 Å². The molecule has 0 fully saturated rings. The smallest absolute Gasteiger partial charge is 0.262 e. The fourth-order valence-electron chi connectivity index (χ4n) is 2.79. The minimum absolute atomic E-state index is 0.0655. The minimum Gasteiger partial charge on any atom is -0.343 e. The molecule has 0 N–H and O–H groups in total. The number of likely N-dealkylation sites (N-methyl/N-ethyl adjacent to an activating group) is 1. The molecule has 1 aromatic carbocycles. The lowest BCUT2D eigenvalue weighted by molar-refractivity contribution is -0.131. The molecule has 0 saturated heterocycles. The van der Waals surface area contributed by atoms with Gasteiger partial charge in [-0.05, 0) is 30.4 Å². The third-order valence-corrected chi connectivity index (χ3v) is 5.09. The van der Waals surface area contributed by atoms with E-state index in [0.29, 0.717) is 31.4 Å². The van der Waals surface area contributed by atoms with Crippen LogP contribution in [0.2, 0.25) is 0 Å². The number of hydrogen-bond donors (Lipinski definition) is 0. The predicted octanol–water partition coefficient (Wildman–Crippen LogP) is 2.94. The Morgan fingerprint density at radius 3 is 2.80 bits per heavy atom. The first-order chi connectivity index (χ1) is 12.2. The molecule has 130 valence electrons. The summed E-state index contributed by atoms with van der Waals surface area (Å²) in [5.41, 5.74) is 1.14. The standard InChI is InChI=1S/C19H21N3O2S/c1-2-21(11-8-15-6-4-3-5-7-15)17(23)9-12-22-14-20-18-16(19(22)24)10-13-25-18/h3-7,10,13-14H,2,8-9,11-12H2,1H3. The molecular weight excluding hydrogens is 334 g/mol. The highest BCUT2D eigenvalue weighted by molar-refractivity contribution is 7.16. The van der Waals surface area contributed by atoms with Crippen LogP contribution in [0.1, 0.15) is 18.9 Å². The number of hydrogen-bond acceptors (Lipinski definition) is 4. The first kappa shape index (κ1) is 17.4. The number of rotatable bonds is 7. The highest BCUT2D eigenvalue weighted by Gasteiger charge is 2.13. The van der Waals surface area contributed by atoms with Crippen molar-refractivity contribution in [1.29, 1.82) is 0 Å². The summed E-state index contributed by atoms with van der Waals surface area (Å²) in [7, 11) is 0. The van der Waals surface area contributed by atoms with Gasteiger partial charge in [0, 0.05) is 26.1 Å². The van der Waals surface area contributed by atoms with E-state index in [1.165, 1.54) is 27.8 Å². The van der Waals surface area contributed by atoms with Gasteiger partial charge >= 0.3 is 0 Å². The van der Waals surface area contributed by atoms with E-state index in [1.807, 2.05) is 35.4 Å². The lowest BCUT2D eigenvalue weighted by Crippen LogP contribution is -2.34. The van der Waals surface area contributed by atoms with E-state index in [0.717, 1.165) is 11.3 Å². The summed E-state index contributed by atoms with van der Waals surface area (Å²) in [6.07, 6.45) is 2.68. The molecule has 0 aliphatic rings. The molecule has 0 unspecified atom stereocenters. The maximum absolute atomic E-state index is 12.5. The van der Waals surface area contributed by atoms with Crippen molar-refractivity contribution < 1.29 is 4.79 Å². The monoisotopic (exact) mass is 355 g/mol. The largest absolute Gasteiger partial charge is 0.343 e. The Bertz CT molecular complexity index is 902. The quantitative estimate of drug-likeness (QED) is 0.655. The normalized spacial score (nSPS) is 10.9. The summed E-state index contributed by atoms with van der Waals surface area (Å²) in [6.45, 7) is 3.70. The zero-order valence-electron chi connectivity index (χ0n) is 14.2. The number of fused-ring (bicyclic) bond motifs is 1. The van der Waals surface area contributed by atoms with Gasteiger partial charge < -0.3 is 4.90 Å². The minimum atomic E-state index is -0.0774. The third kappa shape index (κ3) is 4.14. The molecule has 0 bridgehead atoms. The molecule has 3 aromatic rings. The van der Waals surface area contributed by atoms with Crippen molar-refractivity contribution in [3.8, 4) is 0 Å². The first-order valence-electron chi connectivity index (χ1n) is 8.43. The van der Waals surface area contributed by atoms with Crippen molar-refractivity contribution in [3.05, 3.63) is 64.0 Å². The van der Waals surface area contributed by atoms with E-state index in [-0.39, 0.29) is 11.5 Å². The van der Waals surface area contributed by atoms with Crippen LogP contribution in [0.15, 0.2) is 52.9 Å². The van der Waals surface area contributed by atoms with Crippen LogP contribution in [0.5, 0.6) is 0 Å². The van der Waals surface area contributed by atoms with Crippen molar-refractivity contribution in [2.24, 2.45) is 0 Å². The van der Waals surface area contributed by atoms with E-state index >= 15 is 0 Å². The number of benzene rings is 1. The molecule has 2 aromatic heterocycles. The average molecular weight is 355 g/mol. The Kier molecular flexibility index (Phi) is 5.60. The SMILES string of the molecule is CCN(CCc1ccccc1)C(=O)CCn1cnc2sccc2c1=O. The van der Waals surface area contributed by atoms with Crippen LogP contribution in [-0.4, -0.2) is 33.4 Å². The number of carbonyl (C=O) groups is 1. The van der Waals surface area contributed by atoms with Crippen molar-refractivity contribution in [3.63, 3.8) is 0 Å². The fraction of sp³-hybridized carbons (Fsp3) is 0.316. The van der Waals surface area contributed by atoms with Gasteiger partial charge in [-0.25, -0.2) is 4.98 Å². The molecule has 3 rings (SSSR count). The van der Waals surface area contributed by atoms with Gasteiger partial charge in [0.25, 0.3) is 5.56 Å². The molecular formula is C19H21N3O2S. The molecule has 1 amide bonds. The summed E-state index contributed by atoms with van der Waals surface area (Å²) in [4.78, 5) is 31.7. The van der Waals surface area contributed by atoms with Gasteiger partial charge in [-0.15, -0.1) is 11.3 Å². The maximum Gasteiger partial charge on any atom is 0.262 e. The number of aryl methyl sites for hydroxylation is 1. The zero-order chi connectivity index (χ0) is 17.6. The number of amides is 1. The van der Waals surface area contributed by atoms with Crippen molar-refractivity contribution in [2.75, 3.05) is 13.1 Å². The third-order valence-electron chi connectivity index (χ3n) is 4.26. The molecule has 6 heteroatoms. The number of nitrogens with zero attached hydrogens (tertiary/aromatic N) is 3. The van der Waals surface area contributed by atoms with Crippen LogP contribution in [0.4, 0.5) is 0 Å². The Hall–Kier alpha value is -2.47. The Morgan fingerprint density at radius 2 is 2.04 bits per heavy atom. The maximum atomic E-state index is 12.5. The van der Waals surface area contributed by atoms with Crippen LogP contribution >= 0.6 is 11.3 Å². The van der Waals surface area contributed by atoms with E-state index in [1.54, 1.807) is 6.07 Å². The molecule has 0 radical (unpaired) electrons. The van der Waals surface area contributed by atoms with Crippen LogP contribution in [0.25, 0.3) is 10.2 Å². The van der Waals surface area contributed by atoms with E-state index in [2.05, 4.69) is 17.1 Å². The number of carbonyl (C=O) groups excluding carboxylic acids is 1. The molecule has 2 heterocycles. The topological polar surface area (TPSA) is 55.2 Å². The molecule has 25 heavy (non-hydrogen) atoms. The van der Waals surface area contributed by atoms with Gasteiger partial charge in [0.1, 0.15) is 4.83 Å². The van der Waals surface area contributed by atoms with E-state index < -0.39 is 0 Å². The molecule has 0 saturated carbocycles. The van der Waals surface area contributed by atoms with Crippen LogP contribution in [0, 0.1) is 0 Å². The van der Waals surface area contributed by atoms with Crippen LogP contribution in [-0.2, 0) is 17.8 Å². The van der Waals surface area contributed by atoms with E-state index in [4.69, 9.17) is 0 Å². The van der Waals surface area contributed by atoms with E-state index in [9.17, 15) is 9.59 Å². The first-order valence-corrected chi connectivity index (χ1v) is 9.31. The summed E-state index contributed by atoms with van der Waals surface area (Å²) >= 11 is 1.45. The molecule has 0 atom stereocenters. The predicted molar refractivity (Wildman–Crippen MR) is 101 cm³/mol. The van der Waals surface area contributed by atoms with Gasteiger partial charge in [0.2, 0.25) is 5.91 Å². The second-order valence-corrected chi connectivity index (χ2v) is 6.74. The van der Waals surface area contributed by atoms with Gasteiger partial charge in [-0.2, -0.15) is 0 Å². The second-order valence-electron chi connectivity index (χ2n) is 5.84. The molecule has 5 nitrogen and oxygen atoms in total. The zero-order valence-corrected chi connectivity index (χ0v) is 15.0. The van der Waals surface area contributed by atoms with Gasteiger partial charge in [-0.3, -0.25) is 14.2 Å². The highest BCUT2D eigenvalue weighted by atomic mass is 32.1. The van der Waals surface area contributed by atoms with Crippen LogP contribution in [0.3, 0.4) is 0 Å². The Balaban J connectivity index is 1.59. The number of thiophene rings is 1. The summed E-state index contributed by atoms with van der Waals surface area (Å²) < 4.78 is 1.53. The van der Waals surface area contributed by atoms with Gasteiger partial charge in [-0.1, -0.05) is 30.3 Å². The average Bonchev–Trinajstić information content (AvgIpc) is 3.12. The fourth-order valence-corrected chi connectivity index (χ4v) is 3.52. The molecule has 0 spiro atoms. The summed E-state index contributed by atoms with van der Waals surface area (Å²) in [6, 6.07) is 11.9. The van der Waals surface area contributed by atoms with Crippen molar-refractivity contribution in [1.82, 2.24) is 14.5 Å². The highest BCUT2D eigenvalue weighted by Crippen LogP contribution is 2.13. The van der Waals surface area contributed by atoms with Gasteiger partial charge in [0.15, 0.2) is 0 Å². The Morgan fingerprint density at radius 1 is 1.24 bits per heavy atom. The summed E-state index contributed by atoms with van der Waals surface area (Å²) in [5.74, 6) is 0.0655. The number of aromatic nitrogens is 2. The lowest BCUT2D eigenvalue weighted by atomic mass is 10.1.